The van der Waals surface area contributed by atoms with Crippen molar-refractivity contribution < 1.29 is 42.5 Å². The van der Waals surface area contributed by atoms with E-state index < -0.39 is 10.1 Å². The molecule has 0 aromatic heterocycles. The third-order valence-electron chi connectivity index (χ3n) is 2.82. The van der Waals surface area contributed by atoms with Crippen LogP contribution in [0.4, 0.5) is 11.4 Å². The summed E-state index contributed by atoms with van der Waals surface area (Å²) in [5.74, 6) is 0. The zero-order valence-corrected chi connectivity index (χ0v) is 14.3. The van der Waals surface area contributed by atoms with Gasteiger partial charge in [0.15, 0.2) is 0 Å². The Hall–Kier alpha value is -0.850. The summed E-state index contributed by atoms with van der Waals surface area (Å²) in [4.78, 5) is 1.82. The average molecular weight is 299 g/mol. The minimum absolute atomic E-state index is 0. The van der Waals surface area contributed by atoms with Crippen LogP contribution in [0.25, 0.3) is 0 Å². The molecule has 2 aromatic carbocycles. The van der Waals surface area contributed by atoms with Gasteiger partial charge in [0.1, 0.15) is 10.1 Å². The molecule has 0 unspecified atom stereocenters. The molecule has 0 aliphatic carbocycles. The predicted octanol–water partition coefficient (Wildman–Crippen LogP) is -0.247. The van der Waals surface area contributed by atoms with Crippen molar-refractivity contribution in [2.45, 2.75) is 11.8 Å². The Labute approximate surface area is 141 Å². The van der Waals surface area contributed by atoms with Crippen LogP contribution in [0.1, 0.15) is 6.92 Å². The van der Waals surface area contributed by atoms with E-state index in [1.165, 1.54) is 12.1 Å². The first-order chi connectivity index (χ1) is 9.02. The smallest absolute Gasteiger partial charge is 0.744 e. The van der Waals surface area contributed by atoms with E-state index in [9.17, 15) is 13.0 Å². The number of hydrogen-bond acceptors (Lipinski definition) is 4. The van der Waals surface area contributed by atoms with Crippen molar-refractivity contribution in [3.05, 3.63) is 54.6 Å². The SMILES string of the molecule is CCN(c1ccccc1)c1ccc(S(=O)(=O)[O-])cc1.[Na+]. The molecule has 0 aliphatic heterocycles. The van der Waals surface area contributed by atoms with Crippen LogP contribution < -0.4 is 34.5 Å². The molecule has 0 amide bonds. The Bertz CT molecular complexity index is 642. The van der Waals surface area contributed by atoms with Crippen LogP contribution in [-0.4, -0.2) is 19.5 Å². The van der Waals surface area contributed by atoms with E-state index in [2.05, 4.69) is 0 Å². The topological polar surface area (TPSA) is 60.4 Å². The number of rotatable bonds is 4. The van der Waals surface area contributed by atoms with E-state index in [4.69, 9.17) is 0 Å². The second kappa shape index (κ2) is 7.24. The van der Waals surface area contributed by atoms with Crippen LogP contribution in [0.15, 0.2) is 59.5 Å². The van der Waals surface area contributed by atoms with Gasteiger partial charge in [0, 0.05) is 17.9 Å². The van der Waals surface area contributed by atoms with Crippen molar-refractivity contribution in [2.75, 3.05) is 11.4 Å². The first kappa shape index (κ1) is 17.2. The number of anilines is 2. The molecule has 2 rings (SSSR count). The maximum atomic E-state index is 10.9. The van der Waals surface area contributed by atoms with Gasteiger partial charge in [0.05, 0.1) is 4.90 Å². The van der Waals surface area contributed by atoms with Crippen LogP contribution in [0.2, 0.25) is 0 Å². The fourth-order valence-electron chi connectivity index (χ4n) is 1.91. The molecular weight excluding hydrogens is 285 g/mol. The molecule has 0 saturated heterocycles. The van der Waals surface area contributed by atoms with E-state index in [0.29, 0.717) is 0 Å². The Morgan fingerprint density at radius 1 is 0.950 bits per heavy atom. The molecule has 0 spiro atoms. The summed E-state index contributed by atoms with van der Waals surface area (Å²) >= 11 is 0. The number of benzene rings is 2. The molecule has 0 N–H and O–H groups in total. The fourth-order valence-corrected chi connectivity index (χ4v) is 2.38. The van der Waals surface area contributed by atoms with E-state index >= 15 is 0 Å². The summed E-state index contributed by atoms with van der Waals surface area (Å²) in [6, 6.07) is 15.7. The molecule has 2 aromatic rings. The molecule has 0 fully saturated rings. The van der Waals surface area contributed by atoms with Gasteiger partial charge in [-0.2, -0.15) is 0 Å². The van der Waals surface area contributed by atoms with Gasteiger partial charge in [-0.3, -0.25) is 0 Å². The van der Waals surface area contributed by atoms with Gasteiger partial charge in [0.25, 0.3) is 0 Å². The van der Waals surface area contributed by atoms with Crippen molar-refractivity contribution in [1.29, 1.82) is 0 Å². The summed E-state index contributed by atoms with van der Waals surface area (Å²) < 4.78 is 32.7. The molecule has 0 saturated carbocycles. The van der Waals surface area contributed by atoms with Gasteiger partial charge < -0.3 is 9.45 Å². The normalized spacial score (nSPS) is 10.7. The van der Waals surface area contributed by atoms with Gasteiger partial charge in [-0.15, -0.1) is 0 Å². The maximum Gasteiger partial charge on any atom is 1.00 e. The van der Waals surface area contributed by atoms with Crippen molar-refractivity contribution in [3.8, 4) is 0 Å². The Morgan fingerprint density at radius 3 is 1.90 bits per heavy atom. The third kappa shape index (κ3) is 4.07. The van der Waals surface area contributed by atoms with Crippen molar-refractivity contribution in [1.82, 2.24) is 0 Å². The van der Waals surface area contributed by atoms with Crippen LogP contribution in [0.3, 0.4) is 0 Å². The van der Waals surface area contributed by atoms with Gasteiger partial charge >= 0.3 is 29.6 Å². The van der Waals surface area contributed by atoms with E-state index in [-0.39, 0.29) is 34.5 Å². The standard InChI is InChI=1S/C14H15NO3S.Na/c1-2-15(12-6-4-3-5-7-12)13-8-10-14(11-9-13)19(16,17)18;/h3-11H,2H2,1H3,(H,16,17,18);/q;+1/p-1. The second-order valence-electron chi connectivity index (χ2n) is 4.03. The molecule has 100 valence electrons. The van der Waals surface area contributed by atoms with Crippen LogP contribution in [0, 0.1) is 0 Å². The van der Waals surface area contributed by atoms with E-state index in [1.54, 1.807) is 12.1 Å². The molecular formula is C14H14NNaO3S. The molecule has 0 aliphatic rings. The molecule has 20 heavy (non-hydrogen) atoms. The van der Waals surface area contributed by atoms with E-state index in [1.807, 2.05) is 42.2 Å². The number of nitrogens with zero attached hydrogens (tertiary/aromatic N) is 1. The maximum absolute atomic E-state index is 10.9. The largest absolute Gasteiger partial charge is 1.00 e. The summed E-state index contributed by atoms with van der Waals surface area (Å²) in [6.07, 6.45) is 0. The number of hydrogen-bond donors (Lipinski definition) is 0. The summed E-state index contributed by atoms with van der Waals surface area (Å²) in [5.41, 5.74) is 1.86. The quantitative estimate of drug-likeness (QED) is 0.577. The van der Waals surface area contributed by atoms with Gasteiger partial charge in [0.2, 0.25) is 0 Å². The van der Waals surface area contributed by atoms with Crippen LogP contribution in [0.5, 0.6) is 0 Å². The second-order valence-corrected chi connectivity index (χ2v) is 5.41. The minimum Gasteiger partial charge on any atom is -0.744 e. The van der Waals surface area contributed by atoms with Crippen LogP contribution >= 0.6 is 0 Å². The Kier molecular flexibility index (Phi) is 6.23. The first-order valence-corrected chi connectivity index (χ1v) is 7.31. The van der Waals surface area contributed by atoms with E-state index in [0.717, 1.165) is 17.9 Å². The molecule has 0 bridgehead atoms. The Balaban J connectivity index is 0.00000200. The van der Waals surface area contributed by atoms with Crippen molar-refractivity contribution >= 4 is 21.5 Å². The fraction of sp³-hybridized carbons (Fsp3) is 0.143. The summed E-state index contributed by atoms with van der Waals surface area (Å²) in [7, 11) is -4.39. The van der Waals surface area contributed by atoms with Gasteiger partial charge in [-0.1, -0.05) is 18.2 Å². The molecule has 6 heteroatoms. The van der Waals surface area contributed by atoms with Gasteiger partial charge in [-0.05, 0) is 43.3 Å². The van der Waals surface area contributed by atoms with Gasteiger partial charge in [-0.25, -0.2) is 8.42 Å². The van der Waals surface area contributed by atoms with Crippen LogP contribution in [-0.2, 0) is 10.1 Å². The monoisotopic (exact) mass is 299 g/mol. The first-order valence-electron chi connectivity index (χ1n) is 5.91. The summed E-state index contributed by atoms with van der Waals surface area (Å²) in [5, 5.41) is 0. The average Bonchev–Trinajstić information content (AvgIpc) is 2.40. The number of para-hydroxylation sites is 1. The van der Waals surface area contributed by atoms with Crippen molar-refractivity contribution in [3.63, 3.8) is 0 Å². The van der Waals surface area contributed by atoms with Crippen molar-refractivity contribution in [2.24, 2.45) is 0 Å². The minimum atomic E-state index is -4.39. The Morgan fingerprint density at radius 2 is 1.45 bits per heavy atom. The zero-order chi connectivity index (χ0) is 13.9. The molecule has 4 nitrogen and oxygen atoms in total. The third-order valence-corrected chi connectivity index (χ3v) is 3.67. The predicted molar refractivity (Wildman–Crippen MR) is 73.5 cm³/mol. The summed E-state index contributed by atoms with van der Waals surface area (Å²) in [6.45, 7) is 2.75. The molecule has 0 atom stereocenters. The molecule has 0 heterocycles. The zero-order valence-electron chi connectivity index (χ0n) is 11.5. The molecule has 0 radical (unpaired) electrons.